The highest BCUT2D eigenvalue weighted by Gasteiger charge is 2.31. The first kappa shape index (κ1) is 19.7. The number of carbonyl (C=O) groups is 1. The number of benzene rings is 2. The fraction of sp³-hybridized carbons (Fsp3) is 0.120. The van der Waals surface area contributed by atoms with Crippen molar-refractivity contribution in [1.82, 2.24) is 9.55 Å². The number of rotatable bonds is 7. The van der Waals surface area contributed by atoms with Crippen LogP contribution in [0.1, 0.15) is 10.4 Å². The molecule has 0 bridgehead atoms. The van der Waals surface area contributed by atoms with Crippen molar-refractivity contribution in [2.45, 2.75) is 6.10 Å². The summed E-state index contributed by atoms with van der Waals surface area (Å²) in [6, 6.07) is 20.2. The molecule has 2 aromatic carbocycles. The SMILES string of the molecule is O=C(O)c1cccc(N2CC(Oc3ccc(Oc4ccncc4)cc3)C2)c1-n1cccc1. The maximum absolute atomic E-state index is 11.8. The van der Waals surface area contributed by atoms with E-state index < -0.39 is 5.97 Å². The largest absolute Gasteiger partial charge is 0.487 e. The molecular formula is C25H21N3O4. The van der Waals surface area contributed by atoms with Gasteiger partial charge in [-0.3, -0.25) is 4.98 Å². The smallest absolute Gasteiger partial charge is 0.337 e. The van der Waals surface area contributed by atoms with E-state index in [0.29, 0.717) is 18.8 Å². The van der Waals surface area contributed by atoms with Crippen molar-refractivity contribution in [3.8, 4) is 22.9 Å². The molecular weight excluding hydrogens is 406 g/mol. The van der Waals surface area contributed by atoms with Gasteiger partial charge in [-0.15, -0.1) is 0 Å². The lowest BCUT2D eigenvalue weighted by Gasteiger charge is -2.41. The third-order valence-electron chi connectivity index (χ3n) is 5.31. The van der Waals surface area contributed by atoms with E-state index in [4.69, 9.17) is 9.47 Å². The predicted molar refractivity (Wildman–Crippen MR) is 120 cm³/mol. The van der Waals surface area contributed by atoms with Gasteiger partial charge in [0.15, 0.2) is 0 Å². The van der Waals surface area contributed by atoms with Gasteiger partial charge in [0.1, 0.15) is 23.4 Å². The second-order valence-corrected chi connectivity index (χ2v) is 7.47. The predicted octanol–water partition coefficient (Wildman–Crippen LogP) is 4.63. The Labute approximate surface area is 185 Å². The van der Waals surface area contributed by atoms with Gasteiger partial charge in [-0.25, -0.2) is 4.79 Å². The number of hydrogen-bond donors (Lipinski definition) is 1. The maximum atomic E-state index is 11.8. The van der Waals surface area contributed by atoms with E-state index in [1.807, 2.05) is 59.4 Å². The van der Waals surface area contributed by atoms with Crippen molar-refractivity contribution in [1.29, 1.82) is 0 Å². The molecule has 1 aliphatic rings. The molecule has 0 aliphatic carbocycles. The Kier molecular flexibility index (Phi) is 5.21. The lowest BCUT2D eigenvalue weighted by atomic mass is 10.1. The number of nitrogens with zero attached hydrogens (tertiary/aromatic N) is 3. The Balaban J connectivity index is 1.25. The Morgan fingerprint density at radius 3 is 2.22 bits per heavy atom. The highest BCUT2D eigenvalue weighted by Crippen LogP contribution is 2.33. The zero-order chi connectivity index (χ0) is 21.9. The summed E-state index contributed by atoms with van der Waals surface area (Å²) >= 11 is 0. The maximum Gasteiger partial charge on any atom is 0.337 e. The van der Waals surface area contributed by atoms with E-state index in [-0.39, 0.29) is 11.7 Å². The summed E-state index contributed by atoms with van der Waals surface area (Å²) in [6.45, 7) is 1.35. The second-order valence-electron chi connectivity index (χ2n) is 7.47. The summed E-state index contributed by atoms with van der Waals surface area (Å²) in [7, 11) is 0. The summed E-state index contributed by atoms with van der Waals surface area (Å²) < 4.78 is 13.7. The molecule has 1 fully saturated rings. The highest BCUT2D eigenvalue weighted by molar-refractivity contribution is 5.95. The molecule has 5 rings (SSSR count). The molecule has 0 atom stereocenters. The molecule has 7 nitrogen and oxygen atoms in total. The van der Waals surface area contributed by atoms with Gasteiger partial charge in [-0.1, -0.05) is 6.07 Å². The molecule has 0 spiro atoms. The van der Waals surface area contributed by atoms with E-state index in [9.17, 15) is 9.90 Å². The van der Waals surface area contributed by atoms with Gasteiger partial charge < -0.3 is 24.0 Å². The number of aromatic carboxylic acids is 1. The van der Waals surface area contributed by atoms with Crippen molar-refractivity contribution < 1.29 is 19.4 Å². The number of aromatic nitrogens is 2. The summed E-state index contributed by atoms with van der Waals surface area (Å²) in [5.74, 6) is 1.27. The Morgan fingerprint density at radius 1 is 0.875 bits per heavy atom. The number of carboxylic acid groups (broad SMARTS) is 1. The Hall–Kier alpha value is -4.26. The lowest BCUT2D eigenvalue weighted by molar-refractivity contribution is 0.0697. The molecule has 2 aromatic heterocycles. The third kappa shape index (κ3) is 4.00. The minimum Gasteiger partial charge on any atom is -0.487 e. The summed E-state index contributed by atoms with van der Waals surface area (Å²) in [6.07, 6.45) is 7.10. The number of para-hydroxylation sites is 1. The van der Waals surface area contributed by atoms with Crippen molar-refractivity contribution >= 4 is 11.7 Å². The van der Waals surface area contributed by atoms with E-state index in [0.717, 1.165) is 22.9 Å². The molecule has 1 aliphatic heterocycles. The van der Waals surface area contributed by atoms with Gasteiger partial charge in [0, 0.05) is 24.8 Å². The van der Waals surface area contributed by atoms with Gasteiger partial charge >= 0.3 is 5.97 Å². The van der Waals surface area contributed by atoms with Gasteiger partial charge in [-0.05, 0) is 60.7 Å². The number of anilines is 1. The average Bonchev–Trinajstić information content (AvgIpc) is 3.32. The Morgan fingerprint density at radius 2 is 1.53 bits per heavy atom. The van der Waals surface area contributed by atoms with Crippen LogP contribution in [0.25, 0.3) is 5.69 Å². The van der Waals surface area contributed by atoms with Crippen LogP contribution in [0.15, 0.2) is 91.5 Å². The summed E-state index contributed by atoms with van der Waals surface area (Å²) in [5, 5.41) is 9.65. The van der Waals surface area contributed by atoms with Crippen LogP contribution in [0, 0.1) is 0 Å². The third-order valence-corrected chi connectivity index (χ3v) is 5.31. The standard InChI is InChI=1S/C25H21N3O4/c29-25(30)22-4-3-5-23(24(22)27-14-1-2-15-27)28-16-21(17-28)32-19-8-6-18(7-9-19)31-20-10-12-26-13-11-20/h1-15,21H,16-17H2,(H,29,30). The molecule has 0 radical (unpaired) electrons. The zero-order valence-electron chi connectivity index (χ0n) is 17.2. The molecule has 32 heavy (non-hydrogen) atoms. The summed E-state index contributed by atoms with van der Waals surface area (Å²) in [4.78, 5) is 17.9. The topological polar surface area (TPSA) is 76.8 Å². The molecule has 1 saturated heterocycles. The first-order valence-electron chi connectivity index (χ1n) is 10.3. The van der Waals surface area contributed by atoms with Crippen LogP contribution >= 0.6 is 0 Å². The van der Waals surface area contributed by atoms with Crippen LogP contribution in [0.3, 0.4) is 0 Å². The van der Waals surface area contributed by atoms with Crippen LogP contribution < -0.4 is 14.4 Å². The molecule has 160 valence electrons. The monoisotopic (exact) mass is 427 g/mol. The van der Waals surface area contributed by atoms with Crippen LogP contribution in [-0.2, 0) is 0 Å². The van der Waals surface area contributed by atoms with Crippen molar-refractivity contribution in [3.63, 3.8) is 0 Å². The van der Waals surface area contributed by atoms with Gasteiger partial charge in [0.2, 0.25) is 0 Å². The van der Waals surface area contributed by atoms with E-state index in [1.165, 1.54) is 0 Å². The van der Waals surface area contributed by atoms with Gasteiger partial charge in [0.25, 0.3) is 0 Å². The lowest BCUT2D eigenvalue weighted by Crippen LogP contribution is -2.54. The van der Waals surface area contributed by atoms with Crippen molar-refractivity contribution in [2.75, 3.05) is 18.0 Å². The number of carboxylic acids is 1. The van der Waals surface area contributed by atoms with Gasteiger partial charge in [-0.2, -0.15) is 0 Å². The van der Waals surface area contributed by atoms with Gasteiger partial charge in [0.05, 0.1) is 30.0 Å². The first-order valence-corrected chi connectivity index (χ1v) is 10.3. The highest BCUT2D eigenvalue weighted by atomic mass is 16.5. The van der Waals surface area contributed by atoms with E-state index in [1.54, 1.807) is 36.7 Å². The first-order chi connectivity index (χ1) is 15.7. The molecule has 0 amide bonds. The molecule has 4 aromatic rings. The fourth-order valence-electron chi connectivity index (χ4n) is 3.74. The molecule has 0 saturated carbocycles. The van der Waals surface area contributed by atoms with Crippen LogP contribution in [-0.4, -0.2) is 39.8 Å². The molecule has 1 N–H and O–H groups in total. The average molecular weight is 427 g/mol. The minimum absolute atomic E-state index is 0.0213. The molecule has 0 unspecified atom stereocenters. The second kappa shape index (κ2) is 8.47. The quantitative estimate of drug-likeness (QED) is 0.463. The van der Waals surface area contributed by atoms with E-state index in [2.05, 4.69) is 9.88 Å². The van der Waals surface area contributed by atoms with Crippen molar-refractivity contribution in [2.24, 2.45) is 0 Å². The normalized spacial score (nSPS) is 13.4. The molecule has 3 heterocycles. The minimum atomic E-state index is -0.946. The Bertz CT molecular complexity index is 1200. The van der Waals surface area contributed by atoms with Crippen LogP contribution in [0.2, 0.25) is 0 Å². The number of ether oxygens (including phenoxy) is 2. The van der Waals surface area contributed by atoms with Crippen molar-refractivity contribution in [3.05, 3.63) is 97.1 Å². The fourth-order valence-corrected chi connectivity index (χ4v) is 3.74. The summed E-state index contributed by atoms with van der Waals surface area (Å²) in [5.41, 5.74) is 1.82. The van der Waals surface area contributed by atoms with E-state index >= 15 is 0 Å². The van der Waals surface area contributed by atoms with Crippen LogP contribution in [0.5, 0.6) is 17.2 Å². The van der Waals surface area contributed by atoms with Crippen LogP contribution in [0.4, 0.5) is 5.69 Å². The zero-order valence-corrected chi connectivity index (χ0v) is 17.2. The number of hydrogen-bond acceptors (Lipinski definition) is 5. The molecule has 7 heteroatoms. The number of pyridine rings is 1.